The molecule has 0 radical (unpaired) electrons. The number of hydrogen-bond acceptors (Lipinski definition) is 4. The van der Waals surface area contributed by atoms with Gasteiger partial charge in [0.1, 0.15) is 5.75 Å². The van der Waals surface area contributed by atoms with Crippen LogP contribution in [-0.4, -0.2) is 25.2 Å². The van der Waals surface area contributed by atoms with Crippen LogP contribution in [0.25, 0.3) is 0 Å². The van der Waals surface area contributed by atoms with E-state index in [0.29, 0.717) is 12.3 Å². The molecule has 0 aliphatic heterocycles. The summed E-state index contributed by atoms with van der Waals surface area (Å²) in [5.41, 5.74) is 7.73. The van der Waals surface area contributed by atoms with Gasteiger partial charge in [0.2, 0.25) is 0 Å². The van der Waals surface area contributed by atoms with Crippen molar-refractivity contribution in [3.63, 3.8) is 0 Å². The van der Waals surface area contributed by atoms with E-state index < -0.39 is 0 Å². The third-order valence-corrected chi connectivity index (χ3v) is 3.40. The van der Waals surface area contributed by atoms with Gasteiger partial charge >= 0.3 is 0 Å². The molecule has 0 atom stereocenters. The second-order valence-electron chi connectivity index (χ2n) is 4.13. The van der Waals surface area contributed by atoms with Gasteiger partial charge < -0.3 is 15.8 Å². The van der Waals surface area contributed by atoms with Crippen LogP contribution >= 0.6 is 11.8 Å². The second kappa shape index (κ2) is 8.97. The van der Waals surface area contributed by atoms with Gasteiger partial charge in [0.25, 0.3) is 0 Å². The largest absolute Gasteiger partial charge is 0.492 e. The summed E-state index contributed by atoms with van der Waals surface area (Å²) in [6.45, 7) is 3.57. The highest BCUT2D eigenvalue weighted by atomic mass is 32.2. The van der Waals surface area contributed by atoms with E-state index in [1.807, 2.05) is 36.9 Å². The molecule has 102 valence electrons. The zero-order chi connectivity index (χ0) is 13.2. The van der Waals surface area contributed by atoms with Gasteiger partial charge in [-0.15, -0.1) is 0 Å². The average molecular weight is 268 g/mol. The molecule has 0 aliphatic rings. The summed E-state index contributed by atoms with van der Waals surface area (Å²) in [6, 6.07) is 5.87. The molecule has 0 unspecified atom stereocenters. The highest BCUT2D eigenvalue weighted by Crippen LogP contribution is 2.29. The van der Waals surface area contributed by atoms with Crippen LogP contribution in [0.5, 0.6) is 5.75 Å². The van der Waals surface area contributed by atoms with Crippen molar-refractivity contribution in [3.05, 3.63) is 18.2 Å². The first-order chi connectivity index (χ1) is 8.79. The first-order valence-corrected chi connectivity index (χ1v) is 7.93. The van der Waals surface area contributed by atoms with Gasteiger partial charge in [0.15, 0.2) is 0 Å². The Morgan fingerprint density at radius 3 is 2.83 bits per heavy atom. The maximum absolute atomic E-state index is 6.04. The van der Waals surface area contributed by atoms with Crippen LogP contribution in [0.2, 0.25) is 0 Å². The number of nitrogens with one attached hydrogen (secondary N) is 1. The fraction of sp³-hybridized carbons (Fsp3) is 0.571. The summed E-state index contributed by atoms with van der Waals surface area (Å²) in [4.78, 5) is 0. The summed E-state index contributed by atoms with van der Waals surface area (Å²) < 4.78 is 5.47. The predicted molar refractivity (Wildman–Crippen MR) is 82.7 cm³/mol. The van der Waals surface area contributed by atoms with Crippen molar-refractivity contribution in [2.24, 2.45) is 0 Å². The summed E-state index contributed by atoms with van der Waals surface area (Å²) in [6.07, 6.45) is 5.88. The highest BCUT2D eigenvalue weighted by molar-refractivity contribution is 7.98. The van der Waals surface area contributed by atoms with Crippen molar-refractivity contribution in [2.75, 3.05) is 36.2 Å². The summed E-state index contributed by atoms with van der Waals surface area (Å²) >= 11 is 1.91. The van der Waals surface area contributed by atoms with Crippen molar-refractivity contribution in [1.29, 1.82) is 0 Å². The molecule has 0 aliphatic carbocycles. The number of para-hydroxylation sites is 1. The summed E-state index contributed by atoms with van der Waals surface area (Å²) in [5.74, 6) is 2.02. The minimum atomic E-state index is 0.641. The molecule has 1 aromatic rings. The van der Waals surface area contributed by atoms with E-state index in [2.05, 4.69) is 11.6 Å². The highest BCUT2D eigenvalue weighted by Gasteiger charge is 2.04. The standard InChI is InChI=1S/C14H24N2OS/c1-3-17-13-9-7-8-12(14(13)15)16-10-5-4-6-11-18-2/h7-9,16H,3-6,10-11,15H2,1-2H3. The minimum Gasteiger partial charge on any atom is -0.492 e. The van der Waals surface area contributed by atoms with Gasteiger partial charge in [-0.3, -0.25) is 0 Å². The fourth-order valence-electron chi connectivity index (χ4n) is 1.75. The molecule has 0 saturated heterocycles. The lowest BCUT2D eigenvalue weighted by atomic mass is 10.2. The number of benzene rings is 1. The molecule has 0 fully saturated rings. The van der Waals surface area contributed by atoms with Crippen molar-refractivity contribution in [3.8, 4) is 5.75 Å². The molecule has 0 bridgehead atoms. The SMILES string of the molecule is CCOc1cccc(NCCCCCSC)c1N. The minimum absolute atomic E-state index is 0.641. The Bertz CT molecular complexity index is 345. The lowest BCUT2D eigenvalue weighted by Crippen LogP contribution is -2.06. The molecule has 3 nitrogen and oxygen atoms in total. The number of rotatable bonds is 9. The van der Waals surface area contributed by atoms with E-state index >= 15 is 0 Å². The smallest absolute Gasteiger partial charge is 0.144 e. The van der Waals surface area contributed by atoms with Crippen LogP contribution in [0.3, 0.4) is 0 Å². The Morgan fingerprint density at radius 1 is 1.28 bits per heavy atom. The number of thioether (sulfide) groups is 1. The van der Waals surface area contributed by atoms with Gasteiger partial charge in [-0.05, 0) is 43.9 Å². The van der Waals surface area contributed by atoms with Crippen LogP contribution in [0, 0.1) is 0 Å². The zero-order valence-electron chi connectivity index (χ0n) is 11.4. The second-order valence-corrected chi connectivity index (χ2v) is 5.12. The van der Waals surface area contributed by atoms with E-state index in [0.717, 1.165) is 18.0 Å². The number of hydrogen-bond donors (Lipinski definition) is 2. The summed E-state index contributed by atoms with van der Waals surface area (Å²) in [5, 5.41) is 3.38. The van der Waals surface area contributed by atoms with Crippen LogP contribution < -0.4 is 15.8 Å². The molecule has 18 heavy (non-hydrogen) atoms. The van der Waals surface area contributed by atoms with Gasteiger partial charge in [-0.2, -0.15) is 11.8 Å². The van der Waals surface area contributed by atoms with E-state index in [9.17, 15) is 0 Å². The van der Waals surface area contributed by atoms with Crippen molar-refractivity contribution >= 4 is 23.1 Å². The third kappa shape index (κ3) is 5.08. The molecule has 0 saturated carbocycles. The van der Waals surface area contributed by atoms with Crippen LogP contribution in [-0.2, 0) is 0 Å². The molecule has 0 aromatic heterocycles. The van der Waals surface area contributed by atoms with Gasteiger partial charge in [-0.25, -0.2) is 0 Å². The normalized spacial score (nSPS) is 10.3. The van der Waals surface area contributed by atoms with Crippen LogP contribution in [0.4, 0.5) is 11.4 Å². The Morgan fingerprint density at radius 2 is 2.11 bits per heavy atom. The van der Waals surface area contributed by atoms with Crippen LogP contribution in [0.1, 0.15) is 26.2 Å². The molecular formula is C14H24N2OS. The Labute approximate surface area is 114 Å². The molecule has 3 N–H and O–H groups in total. The number of unbranched alkanes of at least 4 members (excludes halogenated alkanes) is 2. The maximum Gasteiger partial charge on any atom is 0.144 e. The van der Waals surface area contributed by atoms with E-state index in [-0.39, 0.29) is 0 Å². The first kappa shape index (κ1) is 15.0. The Balaban J connectivity index is 2.35. The lowest BCUT2D eigenvalue weighted by Gasteiger charge is -2.13. The van der Waals surface area contributed by atoms with Gasteiger partial charge in [0.05, 0.1) is 18.0 Å². The van der Waals surface area contributed by atoms with Gasteiger partial charge in [-0.1, -0.05) is 12.5 Å². The monoisotopic (exact) mass is 268 g/mol. The van der Waals surface area contributed by atoms with Gasteiger partial charge in [0, 0.05) is 6.54 Å². The van der Waals surface area contributed by atoms with Crippen molar-refractivity contribution in [2.45, 2.75) is 26.2 Å². The Kier molecular flexibility index (Phi) is 7.49. The lowest BCUT2D eigenvalue weighted by molar-refractivity contribution is 0.342. The number of anilines is 2. The molecular weight excluding hydrogens is 244 g/mol. The van der Waals surface area contributed by atoms with E-state index in [1.54, 1.807) is 0 Å². The zero-order valence-corrected chi connectivity index (χ0v) is 12.2. The van der Waals surface area contributed by atoms with Crippen molar-refractivity contribution < 1.29 is 4.74 Å². The topological polar surface area (TPSA) is 47.3 Å². The molecule has 0 amide bonds. The Hall–Kier alpha value is -1.03. The molecule has 1 rings (SSSR count). The predicted octanol–water partition coefficient (Wildman–Crippen LogP) is 3.61. The van der Waals surface area contributed by atoms with Crippen LogP contribution in [0.15, 0.2) is 18.2 Å². The fourth-order valence-corrected chi connectivity index (χ4v) is 2.24. The first-order valence-electron chi connectivity index (χ1n) is 6.53. The molecule has 0 spiro atoms. The molecule has 4 heteroatoms. The number of nitrogens with two attached hydrogens (primary N) is 1. The quantitative estimate of drug-likeness (QED) is 0.530. The molecule has 1 aromatic carbocycles. The molecule has 0 heterocycles. The third-order valence-electron chi connectivity index (χ3n) is 2.71. The average Bonchev–Trinajstić information content (AvgIpc) is 2.38. The number of ether oxygens (including phenoxy) is 1. The summed E-state index contributed by atoms with van der Waals surface area (Å²) in [7, 11) is 0. The van der Waals surface area contributed by atoms with E-state index in [1.165, 1.54) is 25.0 Å². The maximum atomic E-state index is 6.04. The number of nitrogen functional groups attached to an aromatic ring is 1. The van der Waals surface area contributed by atoms with E-state index in [4.69, 9.17) is 10.5 Å². The van der Waals surface area contributed by atoms with Crippen molar-refractivity contribution in [1.82, 2.24) is 0 Å².